The summed E-state index contributed by atoms with van der Waals surface area (Å²) >= 11 is 0. The molecule has 0 spiro atoms. The molecule has 0 aliphatic carbocycles. The molecule has 1 heterocycles. The number of rotatable bonds is 5. The molecule has 70 valence electrons. The zero-order valence-electron chi connectivity index (χ0n) is 7.88. The Morgan fingerprint density at radius 1 is 1.54 bits per heavy atom. The quantitative estimate of drug-likeness (QED) is 0.512. The normalized spacial score (nSPS) is 9.92. The molecule has 1 rings (SSSR count). The summed E-state index contributed by atoms with van der Waals surface area (Å²) in [5, 5.41) is 0. The Bertz CT molecular complexity index is 283. The van der Waals surface area contributed by atoms with Gasteiger partial charge in [-0.2, -0.15) is 0 Å². The second kappa shape index (κ2) is 4.65. The first-order valence-electron chi connectivity index (χ1n) is 4.41. The fraction of sp³-hybridized carbons (Fsp3) is 0.364. The molecule has 0 unspecified atom stereocenters. The zero-order chi connectivity index (χ0) is 9.68. The van der Waals surface area contributed by atoms with Gasteiger partial charge in [0.25, 0.3) is 0 Å². The van der Waals surface area contributed by atoms with E-state index in [1.54, 1.807) is 12.1 Å². The minimum absolute atomic E-state index is 0.0752. The lowest BCUT2D eigenvalue weighted by molar-refractivity contribution is 0.0953. The van der Waals surface area contributed by atoms with Crippen LogP contribution < -0.4 is 0 Å². The van der Waals surface area contributed by atoms with Crippen molar-refractivity contribution in [2.75, 3.05) is 0 Å². The maximum absolute atomic E-state index is 11.4. The van der Waals surface area contributed by atoms with E-state index in [4.69, 9.17) is 4.42 Å². The summed E-state index contributed by atoms with van der Waals surface area (Å²) < 4.78 is 4.98. The molecule has 0 fully saturated rings. The molecule has 13 heavy (non-hydrogen) atoms. The largest absolute Gasteiger partial charge is 0.461 e. The second-order valence-corrected chi connectivity index (χ2v) is 3.21. The van der Waals surface area contributed by atoms with Crippen LogP contribution in [0.4, 0.5) is 0 Å². The Hall–Kier alpha value is -1.31. The van der Waals surface area contributed by atoms with Crippen molar-refractivity contribution in [3.05, 3.63) is 36.3 Å². The lowest BCUT2D eigenvalue weighted by Gasteiger charge is -1.97. The van der Waals surface area contributed by atoms with E-state index in [-0.39, 0.29) is 5.78 Å². The number of Topliss-reactive ketones (excluding diaryl/α,β-unsaturated/α-hetero) is 1. The number of hydrogen-bond donors (Lipinski definition) is 0. The number of allylic oxidation sites excluding steroid dienone is 1. The molecular formula is C11H14O2. The lowest BCUT2D eigenvalue weighted by atomic mass is 10.1. The number of carbonyl (C=O) groups excluding carboxylic acids is 1. The minimum atomic E-state index is 0.0752. The molecule has 0 amide bonds. The van der Waals surface area contributed by atoms with Crippen molar-refractivity contribution in [2.45, 2.75) is 26.2 Å². The first-order valence-corrected chi connectivity index (χ1v) is 4.41. The summed E-state index contributed by atoms with van der Waals surface area (Å²) in [5.41, 5.74) is 1.12. The molecule has 2 heteroatoms. The topological polar surface area (TPSA) is 30.2 Å². The molecule has 0 saturated heterocycles. The molecule has 0 aromatic carbocycles. The molecule has 2 nitrogen and oxygen atoms in total. The second-order valence-electron chi connectivity index (χ2n) is 3.21. The molecule has 0 bridgehead atoms. The van der Waals surface area contributed by atoms with Gasteiger partial charge in [0, 0.05) is 6.42 Å². The van der Waals surface area contributed by atoms with Gasteiger partial charge in [0.1, 0.15) is 0 Å². The van der Waals surface area contributed by atoms with Crippen molar-refractivity contribution >= 4 is 5.78 Å². The van der Waals surface area contributed by atoms with Crippen LogP contribution >= 0.6 is 0 Å². The minimum Gasteiger partial charge on any atom is -0.461 e. The number of furan rings is 1. The smallest absolute Gasteiger partial charge is 0.197 e. The van der Waals surface area contributed by atoms with E-state index < -0.39 is 0 Å². The number of carbonyl (C=O) groups is 1. The molecule has 0 radical (unpaired) electrons. The van der Waals surface area contributed by atoms with Gasteiger partial charge in [-0.3, -0.25) is 4.79 Å². The molecule has 1 aromatic heterocycles. The van der Waals surface area contributed by atoms with Gasteiger partial charge in [-0.1, -0.05) is 5.57 Å². The van der Waals surface area contributed by atoms with E-state index >= 15 is 0 Å². The average molecular weight is 178 g/mol. The van der Waals surface area contributed by atoms with Gasteiger partial charge < -0.3 is 4.42 Å². The van der Waals surface area contributed by atoms with E-state index in [0.717, 1.165) is 18.4 Å². The van der Waals surface area contributed by atoms with Gasteiger partial charge in [0.05, 0.1) is 6.26 Å². The van der Waals surface area contributed by atoms with Crippen molar-refractivity contribution < 1.29 is 9.21 Å². The monoisotopic (exact) mass is 178 g/mol. The van der Waals surface area contributed by atoms with Crippen LogP contribution in [0.1, 0.15) is 36.7 Å². The maximum atomic E-state index is 11.4. The third kappa shape index (κ3) is 3.28. The van der Waals surface area contributed by atoms with Crippen LogP contribution in [0, 0.1) is 0 Å². The Balaban J connectivity index is 2.31. The van der Waals surface area contributed by atoms with Gasteiger partial charge in [-0.25, -0.2) is 0 Å². The van der Waals surface area contributed by atoms with Crippen LogP contribution in [0.5, 0.6) is 0 Å². The maximum Gasteiger partial charge on any atom is 0.197 e. The Kier molecular flexibility index (Phi) is 3.50. The molecule has 0 saturated carbocycles. The highest BCUT2D eigenvalue weighted by Gasteiger charge is 2.07. The van der Waals surface area contributed by atoms with Crippen molar-refractivity contribution in [3.8, 4) is 0 Å². The van der Waals surface area contributed by atoms with Gasteiger partial charge in [-0.15, -0.1) is 6.58 Å². The highest BCUT2D eigenvalue weighted by atomic mass is 16.3. The SMILES string of the molecule is C=C(C)CCCC(=O)c1ccco1. The van der Waals surface area contributed by atoms with Crippen molar-refractivity contribution in [1.82, 2.24) is 0 Å². The van der Waals surface area contributed by atoms with Gasteiger partial charge in [0.15, 0.2) is 11.5 Å². The van der Waals surface area contributed by atoms with Gasteiger partial charge in [0.2, 0.25) is 0 Å². The van der Waals surface area contributed by atoms with E-state index in [9.17, 15) is 4.79 Å². The molecule has 0 aliphatic rings. The van der Waals surface area contributed by atoms with Gasteiger partial charge in [-0.05, 0) is 31.9 Å². The standard InChI is InChI=1S/C11H14O2/c1-9(2)5-3-6-10(12)11-7-4-8-13-11/h4,7-8H,1,3,5-6H2,2H3. The highest BCUT2D eigenvalue weighted by Crippen LogP contribution is 2.09. The van der Waals surface area contributed by atoms with Gasteiger partial charge >= 0.3 is 0 Å². The number of ketones is 1. The predicted molar refractivity (Wildman–Crippen MR) is 51.7 cm³/mol. The third-order valence-corrected chi connectivity index (χ3v) is 1.80. The fourth-order valence-electron chi connectivity index (χ4n) is 1.11. The Labute approximate surface area is 78.3 Å². The van der Waals surface area contributed by atoms with Crippen molar-refractivity contribution in [1.29, 1.82) is 0 Å². The average Bonchev–Trinajstić information content (AvgIpc) is 2.55. The molecule has 0 N–H and O–H groups in total. The summed E-state index contributed by atoms with van der Waals surface area (Å²) in [5.74, 6) is 0.535. The van der Waals surface area contributed by atoms with Crippen LogP contribution in [0.25, 0.3) is 0 Å². The predicted octanol–water partition coefficient (Wildman–Crippen LogP) is 3.21. The molecule has 0 aliphatic heterocycles. The summed E-state index contributed by atoms with van der Waals surface area (Å²) in [7, 11) is 0. The van der Waals surface area contributed by atoms with Crippen molar-refractivity contribution in [3.63, 3.8) is 0 Å². The van der Waals surface area contributed by atoms with E-state index in [2.05, 4.69) is 6.58 Å². The lowest BCUT2D eigenvalue weighted by Crippen LogP contribution is -1.96. The van der Waals surface area contributed by atoms with Crippen LogP contribution in [-0.4, -0.2) is 5.78 Å². The Morgan fingerprint density at radius 3 is 2.85 bits per heavy atom. The van der Waals surface area contributed by atoms with Crippen LogP contribution in [0.3, 0.4) is 0 Å². The number of hydrogen-bond acceptors (Lipinski definition) is 2. The zero-order valence-corrected chi connectivity index (χ0v) is 7.88. The Morgan fingerprint density at radius 2 is 2.31 bits per heavy atom. The van der Waals surface area contributed by atoms with E-state index in [1.807, 2.05) is 6.92 Å². The van der Waals surface area contributed by atoms with Crippen LogP contribution in [0.15, 0.2) is 35.0 Å². The fourth-order valence-corrected chi connectivity index (χ4v) is 1.11. The van der Waals surface area contributed by atoms with Crippen LogP contribution in [0.2, 0.25) is 0 Å². The summed E-state index contributed by atoms with van der Waals surface area (Å²) in [6.45, 7) is 5.75. The molecule has 0 atom stereocenters. The molecule has 1 aromatic rings. The first-order chi connectivity index (χ1) is 6.20. The first kappa shape index (κ1) is 9.78. The summed E-state index contributed by atoms with van der Waals surface area (Å²) in [4.78, 5) is 11.4. The van der Waals surface area contributed by atoms with Crippen molar-refractivity contribution in [2.24, 2.45) is 0 Å². The summed E-state index contributed by atoms with van der Waals surface area (Å²) in [6, 6.07) is 3.43. The van der Waals surface area contributed by atoms with E-state index in [1.165, 1.54) is 6.26 Å². The third-order valence-electron chi connectivity index (χ3n) is 1.80. The summed E-state index contributed by atoms with van der Waals surface area (Å²) in [6.07, 6.45) is 3.83. The van der Waals surface area contributed by atoms with Crippen LogP contribution in [-0.2, 0) is 0 Å². The highest BCUT2D eigenvalue weighted by molar-refractivity contribution is 5.93. The molecular weight excluding hydrogens is 164 g/mol. The van der Waals surface area contributed by atoms with E-state index in [0.29, 0.717) is 12.2 Å².